The topological polar surface area (TPSA) is 45.9 Å². The van der Waals surface area contributed by atoms with Crippen molar-refractivity contribution >= 4 is 15.9 Å². The van der Waals surface area contributed by atoms with Crippen molar-refractivity contribution in [2.24, 2.45) is 0 Å². The van der Waals surface area contributed by atoms with Crippen molar-refractivity contribution in [2.45, 2.75) is 18.3 Å². The third-order valence-electron chi connectivity index (χ3n) is 3.67. The summed E-state index contributed by atoms with van der Waals surface area (Å²) < 4.78 is 6.60. The summed E-state index contributed by atoms with van der Waals surface area (Å²) in [7, 11) is 0. The number of rotatable bonds is 2. The zero-order valence-corrected chi connectivity index (χ0v) is 12.4. The highest BCUT2D eigenvalue weighted by molar-refractivity contribution is 9.10. The number of benzene rings is 1. The fourth-order valence-corrected chi connectivity index (χ4v) is 2.85. The molecule has 0 amide bonds. The van der Waals surface area contributed by atoms with Crippen molar-refractivity contribution in [1.29, 1.82) is 5.26 Å². The average molecular weight is 329 g/mol. The Bertz CT molecular complexity index is 663. The zero-order chi connectivity index (χ0) is 14.0. The highest BCUT2D eigenvalue weighted by Crippen LogP contribution is 2.40. The summed E-state index contributed by atoms with van der Waals surface area (Å²) in [5.41, 5.74) is 1.35. The van der Waals surface area contributed by atoms with Crippen LogP contribution in [0.25, 0.3) is 0 Å². The van der Waals surface area contributed by atoms with Crippen LogP contribution >= 0.6 is 15.9 Å². The Kier molecular flexibility index (Phi) is 3.45. The summed E-state index contributed by atoms with van der Waals surface area (Å²) in [6.45, 7) is 0.571. The van der Waals surface area contributed by atoms with Gasteiger partial charge in [-0.05, 0) is 34.1 Å². The highest BCUT2D eigenvalue weighted by atomic mass is 79.9. The van der Waals surface area contributed by atoms with Gasteiger partial charge in [0.2, 0.25) is 0 Å². The molecule has 100 valence electrons. The molecule has 1 aliphatic heterocycles. The number of aromatic nitrogens is 1. The molecule has 3 nitrogen and oxygen atoms in total. The van der Waals surface area contributed by atoms with Crippen molar-refractivity contribution in [3.63, 3.8) is 0 Å². The van der Waals surface area contributed by atoms with Gasteiger partial charge in [0.25, 0.3) is 0 Å². The number of hydrogen-bond acceptors (Lipinski definition) is 3. The molecule has 0 saturated carbocycles. The molecular formula is C16H13BrN2O. The second-order valence-corrected chi connectivity index (χ2v) is 5.85. The van der Waals surface area contributed by atoms with Gasteiger partial charge in [-0.15, -0.1) is 0 Å². The standard InChI is InChI=1S/C16H13BrN2O/c17-12-5-6-13(19-10-12)9-16(11-18)7-8-20-15-4-2-1-3-14(15)16/h1-6,10H,7-9H2. The number of fused-ring (bicyclic) bond motifs is 1. The monoisotopic (exact) mass is 328 g/mol. The minimum atomic E-state index is -0.546. The van der Waals surface area contributed by atoms with Gasteiger partial charge in [0, 0.05) is 34.8 Å². The van der Waals surface area contributed by atoms with Crippen LogP contribution in [0.2, 0.25) is 0 Å². The number of para-hydroxylation sites is 1. The minimum Gasteiger partial charge on any atom is -0.493 e. The summed E-state index contributed by atoms with van der Waals surface area (Å²) in [6, 6.07) is 14.2. The van der Waals surface area contributed by atoms with E-state index in [1.807, 2.05) is 36.4 Å². The number of halogens is 1. The number of nitriles is 1. The van der Waals surface area contributed by atoms with Crippen molar-refractivity contribution in [3.05, 3.63) is 58.3 Å². The molecule has 0 N–H and O–H groups in total. The third-order valence-corrected chi connectivity index (χ3v) is 4.14. The lowest BCUT2D eigenvalue weighted by molar-refractivity contribution is 0.240. The minimum absolute atomic E-state index is 0.546. The molecule has 1 unspecified atom stereocenters. The zero-order valence-electron chi connectivity index (χ0n) is 10.8. The van der Waals surface area contributed by atoms with Gasteiger partial charge in [0.05, 0.1) is 18.1 Å². The predicted molar refractivity (Wildman–Crippen MR) is 79.5 cm³/mol. The summed E-state index contributed by atoms with van der Waals surface area (Å²) in [5.74, 6) is 0.817. The van der Waals surface area contributed by atoms with Crippen molar-refractivity contribution in [2.75, 3.05) is 6.61 Å². The maximum absolute atomic E-state index is 9.76. The molecule has 1 atom stereocenters. The van der Waals surface area contributed by atoms with Crippen LogP contribution in [0.1, 0.15) is 17.7 Å². The largest absolute Gasteiger partial charge is 0.493 e. The fraction of sp³-hybridized carbons (Fsp3) is 0.250. The third kappa shape index (κ3) is 2.30. The molecule has 1 aromatic carbocycles. The predicted octanol–water partition coefficient (Wildman–Crippen LogP) is 3.63. The first-order chi connectivity index (χ1) is 9.73. The number of pyridine rings is 1. The quantitative estimate of drug-likeness (QED) is 0.845. The molecule has 0 radical (unpaired) electrons. The molecular weight excluding hydrogens is 316 g/mol. The molecule has 2 heterocycles. The van der Waals surface area contributed by atoms with E-state index in [1.165, 1.54) is 0 Å². The molecule has 1 aromatic heterocycles. The van der Waals surface area contributed by atoms with Crippen molar-refractivity contribution in [3.8, 4) is 11.8 Å². The van der Waals surface area contributed by atoms with Gasteiger partial charge in [-0.3, -0.25) is 4.98 Å². The Labute approximate surface area is 126 Å². The van der Waals surface area contributed by atoms with E-state index in [9.17, 15) is 5.26 Å². The van der Waals surface area contributed by atoms with Gasteiger partial charge in [-0.1, -0.05) is 18.2 Å². The lowest BCUT2D eigenvalue weighted by Gasteiger charge is -2.33. The molecule has 0 bridgehead atoms. The molecule has 0 spiro atoms. The first-order valence-electron chi connectivity index (χ1n) is 6.47. The van der Waals surface area contributed by atoms with Crippen LogP contribution in [0, 0.1) is 11.3 Å². The maximum atomic E-state index is 9.76. The second-order valence-electron chi connectivity index (χ2n) is 4.93. The van der Waals surface area contributed by atoms with Gasteiger partial charge in [0.1, 0.15) is 5.75 Å². The normalized spacial score (nSPS) is 20.6. The van der Waals surface area contributed by atoms with Crippen LogP contribution in [0.5, 0.6) is 5.75 Å². The van der Waals surface area contributed by atoms with E-state index in [0.717, 1.165) is 21.5 Å². The van der Waals surface area contributed by atoms with E-state index >= 15 is 0 Å². The summed E-state index contributed by atoms with van der Waals surface area (Å²) in [5, 5.41) is 9.76. The van der Waals surface area contributed by atoms with Gasteiger partial charge < -0.3 is 4.74 Å². The molecule has 0 fully saturated rings. The second kappa shape index (κ2) is 5.26. The van der Waals surface area contributed by atoms with Crippen LogP contribution in [0.3, 0.4) is 0 Å². The number of nitrogens with zero attached hydrogens (tertiary/aromatic N) is 2. The average Bonchev–Trinajstić information content (AvgIpc) is 2.50. The smallest absolute Gasteiger partial charge is 0.124 e. The Morgan fingerprint density at radius 2 is 2.15 bits per heavy atom. The maximum Gasteiger partial charge on any atom is 0.124 e. The van der Waals surface area contributed by atoms with Crippen molar-refractivity contribution in [1.82, 2.24) is 4.98 Å². The van der Waals surface area contributed by atoms with Crippen LogP contribution in [-0.4, -0.2) is 11.6 Å². The number of ether oxygens (including phenoxy) is 1. The first-order valence-corrected chi connectivity index (χ1v) is 7.27. The Hall–Kier alpha value is -1.86. The molecule has 3 rings (SSSR count). The van der Waals surface area contributed by atoms with Gasteiger partial charge in [0.15, 0.2) is 0 Å². The Morgan fingerprint density at radius 1 is 1.30 bits per heavy atom. The SMILES string of the molecule is N#CC1(Cc2ccc(Br)cn2)CCOc2ccccc21. The van der Waals surface area contributed by atoms with Gasteiger partial charge >= 0.3 is 0 Å². The molecule has 0 saturated heterocycles. The van der Waals surface area contributed by atoms with Gasteiger partial charge in [-0.25, -0.2) is 0 Å². The van der Waals surface area contributed by atoms with Gasteiger partial charge in [-0.2, -0.15) is 5.26 Å². The van der Waals surface area contributed by atoms with E-state index in [2.05, 4.69) is 27.0 Å². The number of hydrogen-bond donors (Lipinski definition) is 0. The summed E-state index contributed by atoms with van der Waals surface area (Å²) in [6.07, 6.45) is 3.07. The van der Waals surface area contributed by atoms with E-state index in [1.54, 1.807) is 6.20 Å². The Balaban J connectivity index is 2.01. The van der Waals surface area contributed by atoms with Crippen molar-refractivity contribution < 1.29 is 4.74 Å². The Morgan fingerprint density at radius 3 is 2.90 bits per heavy atom. The van der Waals surface area contributed by atoms with E-state index in [-0.39, 0.29) is 0 Å². The van der Waals surface area contributed by atoms with Crippen LogP contribution < -0.4 is 4.74 Å². The first kappa shape index (κ1) is 13.1. The van der Waals surface area contributed by atoms with E-state index in [0.29, 0.717) is 19.4 Å². The molecule has 4 heteroatoms. The fourth-order valence-electron chi connectivity index (χ4n) is 2.62. The summed E-state index contributed by atoms with van der Waals surface area (Å²) >= 11 is 3.38. The highest BCUT2D eigenvalue weighted by Gasteiger charge is 2.38. The lowest BCUT2D eigenvalue weighted by Crippen LogP contribution is -2.34. The lowest BCUT2D eigenvalue weighted by atomic mass is 9.74. The summed E-state index contributed by atoms with van der Waals surface area (Å²) in [4.78, 5) is 4.40. The molecule has 2 aromatic rings. The molecule has 1 aliphatic rings. The van der Waals surface area contributed by atoms with Crippen LogP contribution in [-0.2, 0) is 11.8 Å². The van der Waals surface area contributed by atoms with E-state index < -0.39 is 5.41 Å². The molecule has 0 aliphatic carbocycles. The van der Waals surface area contributed by atoms with Crippen LogP contribution in [0.15, 0.2) is 47.1 Å². The molecule has 20 heavy (non-hydrogen) atoms. The van der Waals surface area contributed by atoms with E-state index in [4.69, 9.17) is 4.74 Å². The van der Waals surface area contributed by atoms with Crippen LogP contribution in [0.4, 0.5) is 0 Å².